The standard InChI is InChI=1S/C10H13BrFNO2S/c1-7-3-9(4-8(2)10(7)12)5-13-16(14,15)6-11/h3-4,13H,5-6H2,1-2H3. The lowest BCUT2D eigenvalue weighted by Gasteiger charge is -2.07. The van der Waals surface area contributed by atoms with Crippen LogP contribution in [0.3, 0.4) is 0 Å². The van der Waals surface area contributed by atoms with Crippen molar-refractivity contribution in [1.82, 2.24) is 4.72 Å². The fourth-order valence-corrected chi connectivity index (χ4v) is 2.32. The highest BCUT2D eigenvalue weighted by atomic mass is 79.9. The first-order valence-electron chi connectivity index (χ1n) is 4.64. The Morgan fingerprint density at radius 3 is 2.25 bits per heavy atom. The minimum Gasteiger partial charge on any atom is -0.212 e. The van der Waals surface area contributed by atoms with Crippen LogP contribution in [0.25, 0.3) is 0 Å². The van der Waals surface area contributed by atoms with Gasteiger partial charge in [-0.15, -0.1) is 0 Å². The molecule has 0 atom stereocenters. The number of rotatable bonds is 4. The summed E-state index contributed by atoms with van der Waals surface area (Å²) in [4.78, 5) is 0. The Labute approximate surface area is 103 Å². The Kier molecular flexibility index (Phi) is 4.46. The van der Waals surface area contributed by atoms with Gasteiger partial charge >= 0.3 is 0 Å². The minimum absolute atomic E-state index is 0.140. The Morgan fingerprint density at radius 2 is 1.81 bits per heavy atom. The van der Waals surface area contributed by atoms with Crippen LogP contribution in [0.15, 0.2) is 12.1 Å². The highest BCUT2D eigenvalue weighted by Gasteiger charge is 2.09. The van der Waals surface area contributed by atoms with Crippen molar-refractivity contribution in [3.8, 4) is 0 Å². The van der Waals surface area contributed by atoms with Gasteiger partial charge < -0.3 is 0 Å². The number of halogens is 2. The molecular weight excluding hydrogens is 297 g/mol. The third-order valence-corrected chi connectivity index (χ3v) is 4.82. The molecule has 0 aliphatic rings. The van der Waals surface area contributed by atoms with Crippen LogP contribution < -0.4 is 4.72 Å². The molecule has 0 aliphatic carbocycles. The van der Waals surface area contributed by atoms with Crippen LogP contribution in [0.4, 0.5) is 4.39 Å². The van der Waals surface area contributed by atoms with Crippen molar-refractivity contribution in [2.24, 2.45) is 0 Å². The zero-order valence-electron chi connectivity index (χ0n) is 9.05. The number of nitrogens with one attached hydrogen (secondary N) is 1. The molecule has 0 unspecified atom stereocenters. The predicted molar refractivity (Wildman–Crippen MR) is 65.4 cm³/mol. The first-order chi connectivity index (χ1) is 7.35. The lowest BCUT2D eigenvalue weighted by atomic mass is 10.1. The van der Waals surface area contributed by atoms with Crippen LogP contribution in [-0.4, -0.2) is 13.1 Å². The topological polar surface area (TPSA) is 46.2 Å². The normalized spacial score (nSPS) is 11.8. The van der Waals surface area contributed by atoms with Gasteiger partial charge in [0.1, 0.15) is 10.5 Å². The molecular formula is C10H13BrFNO2S. The maximum atomic E-state index is 13.3. The summed E-state index contributed by atoms with van der Waals surface area (Å²) < 4.78 is 37.9. The molecule has 16 heavy (non-hydrogen) atoms. The molecule has 1 aromatic rings. The molecule has 0 fully saturated rings. The average Bonchev–Trinajstić information content (AvgIpc) is 2.23. The Bertz CT molecular complexity index is 465. The van der Waals surface area contributed by atoms with E-state index in [1.54, 1.807) is 26.0 Å². The average molecular weight is 310 g/mol. The highest BCUT2D eigenvalue weighted by Crippen LogP contribution is 2.14. The molecule has 3 nitrogen and oxygen atoms in total. The molecule has 6 heteroatoms. The second-order valence-electron chi connectivity index (χ2n) is 3.59. The van der Waals surface area contributed by atoms with Crippen molar-refractivity contribution in [3.05, 3.63) is 34.6 Å². The van der Waals surface area contributed by atoms with E-state index in [1.807, 2.05) is 0 Å². The molecule has 0 aliphatic heterocycles. The largest absolute Gasteiger partial charge is 0.221 e. The van der Waals surface area contributed by atoms with Crippen molar-refractivity contribution >= 4 is 26.0 Å². The summed E-state index contributed by atoms with van der Waals surface area (Å²) in [6.07, 6.45) is 0. The summed E-state index contributed by atoms with van der Waals surface area (Å²) in [5.41, 5.74) is 1.79. The van der Waals surface area contributed by atoms with E-state index in [2.05, 4.69) is 20.7 Å². The summed E-state index contributed by atoms with van der Waals surface area (Å²) in [6, 6.07) is 3.28. The van der Waals surface area contributed by atoms with Gasteiger partial charge in [-0.1, -0.05) is 28.1 Å². The van der Waals surface area contributed by atoms with Crippen LogP contribution in [0.2, 0.25) is 0 Å². The van der Waals surface area contributed by atoms with Crippen LogP contribution in [0, 0.1) is 19.7 Å². The number of aryl methyl sites for hydroxylation is 2. The molecule has 0 aromatic heterocycles. The van der Waals surface area contributed by atoms with Crippen molar-refractivity contribution < 1.29 is 12.8 Å². The van der Waals surface area contributed by atoms with Crippen molar-refractivity contribution in [2.75, 3.05) is 4.66 Å². The van der Waals surface area contributed by atoms with E-state index in [-0.39, 0.29) is 17.0 Å². The summed E-state index contributed by atoms with van der Waals surface area (Å²) in [5.74, 6) is -0.243. The van der Waals surface area contributed by atoms with Crippen molar-refractivity contribution in [3.63, 3.8) is 0 Å². The fourth-order valence-electron chi connectivity index (χ4n) is 1.37. The van der Waals surface area contributed by atoms with Crippen molar-refractivity contribution in [1.29, 1.82) is 0 Å². The molecule has 0 spiro atoms. The third-order valence-electron chi connectivity index (χ3n) is 2.14. The molecule has 0 radical (unpaired) electrons. The van der Waals surface area contributed by atoms with Gasteiger partial charge in [0.15, 0.2) is 0 Å². The van der Waals surface area contributed by atoms with Crippen LogP contribution in [-0.2, 0) is 16.6 Å². The van der Waals surface area contributed by atoms with Crippen LogP contribution in [0.5, 0.6) is 0 Å². The Morgan fingerprint density at radius 1 is 1.31 bits per heavy atom. The first-order valence-corrected chi connectivity index (χ1v) is 7.42. The molecule has 0 bridgehead atoms. The SMILES string of the molecule is Cc1cc(CNS(=O)(=O)CBr)cc(C)c1F. The second kappa shape index (κ2) is 5.25. The lowest BCUT2D eigenvalue weighted by Crippen LogP contribution is -2.23. The number of benzene rings is 1. The predicted octanol–water partition coefficient (Wildman–Crippen LogP) is 2.21. The maximum Gasteiger partial charge on any atom is 0.221 e. The number of sulfonamides is 1. The number of hydrogen-bond donors (Lipinski definition) is 1. The summed E-state index contributed by atoms with van der Waals surface area (Å²) >= 11 is 2.87. The zero-order chi connectivity index (χ0) is 12.3. The van der Waals surface area contributed by atoms with E-state index < -0.39 is 10.0 Å². The molecule has 0 saturated carbocycles. The van der Waals surface area contributed by atoms with E-state index >= 15 is 0 Å². The van der Waals surface area contributed by atoms with Gasteiger partial charge in [0.25, 0.3) is 0 Å². The third kappa shape index (κ3) is 3.54. The molecule has 1 rings (SSSR count). The highest BCUT2D eigenvalue weighted by molar-refractivity contribution is 9.10. The molecule has 90 valence electrons. The van der Waals surface area contributed by atoms with Gasteiger partial charge in [-0.25, -0.2) is 17.5 Å². The number of hydrogen-bond acceptors (Lipinski definition) is 2. The first kappa shape index (κ1) is 13.6. The summed E-state index contributed by atoms with van der Waals surface area (Å²) in [7, 11) is -3.28. The van der Waals surface area contributed by atoms with E-state index in [9.17, 15) is 12.8 Å². The maximum absolute atomic E-state index is 13.3. The fraction of sp³-hybridized carbons (Fsp3) is 0.400. The number of alkyl halides is 1. The van der Waals surface area contributed by atoms with Gasteiger partial charge in [-0.3, -0.25) is 0 Å². The molecule has 1 aromatic carbocycles. The molecule has 1 N–H and O–H groups in total. The monoisotopic (exact) mass is 309 g/mol. The Balaban J connectivity index is 2.84. The van der Waals surface area contributed by atoms with E-state index in [1.165, 1.54) is 0 Å². The minimum atomic E-state index is -3.28. The van der Waals surface area contributed by atoms with E-state index in [4.69, 9.17) is 0 Å². The zero-order valence-corrected chi connectivity index (χ0v) is 11.5. The van der Waals surface area contributed by atoms with Gasteiger partial charge in [-0.05, 0) is 30.5 Å². The van der Waals surface area contributed by atoms with Gasteiger partial charge in [0.2, 0.25) is 10.0 Å². The van der Waals surface area contributed by atoms with Gasteiger partial charge in [0.05, 0.1) is 0 Å². The smallest absolute Gasteiger partial charge is 0.212 e. The molecule has 0 heterocycles. The lowest BCUT2D eigenvalue weighted by molar-refractivity contribution is 0.586. The van der Waals surface area contributed by atoms with Gasteiger partial charge in [-0.2, -0.15) is 0 Å². The summed E-state index contributed by atoms with van der Waals surface area (Å²) in [5, 5.41) is 0. The second-order valence-corrected chi connectivity index (χ2v) is 6.70. The van der Waals surface area contributed by atoms with E-state index in [0.717, 1.165) is 5.56 Å². The van der Waals surface area contributed by atoms with E-state index in [0.29, 0.717) is 11.1 Å². The summed E-state index contributed by atoms with van der Waals surface area (Å²) in [6.45, 7) is 3.49. The molecule has 0 saturated heterocycles. The molecule has 0 amide bonds. The van der Waals surface area contributed by atoms with Gasteiger partial charge in [0, 0.05) is 6.54 Å². The van der Waals surface area contributed by atoms with Crippen molar-refractivity contribution in [2.45, 2.75) is 20.4 Å². The Hall–Kier alpha value is -0.460. The van der Waals surface area contributed by atoms with Crippen LogP contribution >= 0.6 is 15.9 Å². The quantitative estimate of drug-likeness (QED) is 0.867. The van der Waals surface area contributed by atoms with Crippen LogP contribution in [0.1, 0.15) is 16.7 Å².